The lowest BCUT2D eigenvalue weighted by Crippen LogP contribution is -2.19. The van der Waals surface area contributed by atoms with E-state index in [1.54, 1.807) is 0 Å². The summed E-state index contributed by atoms with van der Waals surface area (Å²) in [6.07, 6.45) is 2.03. The lowest BCUT2D eigenvalue weighted by Gasteiger charge is -2.20. The molecule has 3 heteroatoms. The fourth-order valence-electron chi connectivity index (χ4n) is 2.44. The second kappa shape index (κ2) is 5.14. The van der Waals surface area contributed by atoms with Gasteiger partial charge in [0.05, 0.1) is 0 Å². The third kappa shape index (κ3) is 2.45. The maximum Gasteiger partial charge on any atom is 0.256 e. The topological polar surface area (TPSA) is 41.1 Å². The molecular weight excluding hydrogens is 236 g/mol. The van der Waals surface area contributed by atoms with Crippen LogP contribution in [0.1, 0.15) is 22.3 Å². The lowest BCUT2D eigenvalue weighted by molar-refractivity contribution is 0.102. The molecule has 1 aliphatic heterocycles. The molecule has 0 unspecified atom stereocenters. The highest BCUT2D eigenvalue weighted by atomic mass is 16.1. The summed E-state index contributed by atoms with van der Waals surface area (Å²) in [6.45, 7) is 0.983. The van der Waals surface area contributed by atoms with E-state index in [0.717, 1.165) is 41.9 Å². The molecule has 1 aliphatic rings. The highest BCUT2D eigenvalue weighted by molar-refractivity contribution is 6.06. The van der Waals surface area contributed by atoms with Crippen molar-refractivity contribution in [1.82, 2.24) is 0 Å². The first-order chi connectivity index (χ1) is 9.34. The van der Waals surface area contributed by atoms with E-state index in [-0.39, 0.29) is 5.91 Å². The largest absolute Gasteiger partial charge is 0.385 e. The van der Waals surface area contributed by atoms with Crippen molar-refractivity contribution in [2.24, 2.45) is 0 Å². The average Bonchev–Trinajstić information content (AvgIpc) is 2.47. The van der Waals surface area contributed by atoms with Gasteiger partial charge in [-0.2, -0.15) is 0 Å². The van der Waals surface area contributed by atoms with Crippen molar-refractivity contribution in [3.63, 3.8) is 0 Å². The number of anilines is 2. The van der Waals surface area contributed by atoms with Crippen molar-refractivity contribution in [1.29, 1.82) is 0 Å². The van der Waals surface area contributed by atoms with Gasteiger partial charge in [0.1, 0.15) is 0 Å². The van der Waals surface area contributed by atoms with Gasteiger partial charge in [-0.25, -0.2) is 0 Å². The summed E-state index contributed by atoms with van der Waals surface area (Å²) in [7, 11) is 0. The number of hydrogen-bond donors (Lipinski definition) is 2. The molecule has 1 amide bonds. The van der Waals surface area contributed by atoms with Gasteiger partial charge in [0.2, 0.25) is 0 Å². The van der Waals surface area contributed by atoms with Gasteiger partial charge in [-0.15, -0.1) is 0 Å². The summed E-state index contributed by atoms with van der Waals surface area (Å²) in [6, 6.07) is 15.4. The second-order valence-electron chi connectivity index (χ2n) is 4.68. The molecule has 0 saturated heterocycles. The van der Waals surface area contributed by atoms with E-state index in [4.69, 9.17) is 0 Å². The fraction of sp³-hybridized carbons (Fsp3) is 0.188. The van der Waals surface area contributed by atoms with Crippen LogP contribution >= 0.6 is 0 Å². The van der Waals surface area contributed by atoms with Crippen LogP contribution in [-0.4, -0.2) is 12.5 Å². The molecule has 0 fully saturated rings. The molecule has 2 aromatic rings. The van der Waals surface area contributed by atoms with Crippen molar-refractivity contribution in [2.75, 3.05) is 17.2 Å². The zero-order valence-corrected chi connectivity index (χ0v) is 10.6. The van der Waals surface area contributed by atoms with Gasteiger partial charge < -0.3 is 10.6 Å². The molecule has 19 heavy (non-hydrogen) atoms. The molecule has 0 aliphatic carbocycles. The van der Waals surface area contributed by atoms with Gasteiger partial charge in [0.25, 0.3) is 5.91 Å². The number of carbonyl (C=O) groups is 1. The summed E-state index contributed by atoms with van der Waals surface area (Å²) in [5.74, 6) is -0.0354. The predicted molar refractivity (Wildman–Crippen MR) is 77.6 cm³/mol. The van der Waals surface area contributed by atoms with E-state index in [1.165, 1.54) is 0 Å². The smallest absolute Gasteiger partial charge is 0.256 e. The summed E-state index contributed by atoms with van der Waals surface area (Å²) < 4.78 is 0. The molecule has 2 N–H and O–H groups in total. The minimum Gasteiger partial charge on any atom is -0.385 e. The highest BCUT2D eigenvalue weighted by Gasteiger charge is 2.17. The van der Waals surface area contributed by atoms with Crippen LogP contribution in [0, 0.1) is 0 Å². The van der Waals surface area contributed by atoms with E-state index in [1.807, 2.05) is 48.5 Å². The number of rotatable bonds is 2. The van der Waals surface area contributed by atoms with E-state index in [9.17, 15) is 4.79 Å². The van der Waals surface area contributed by atoms with Gasteiger partial charge in [0, 0.05) is 23.5 Å². The number of fused-ring (bicyclic) bond motifs is 1. The van der Waals surface area contributed by atoms with E-state index >= 15 is 0 Å². The Bertz CT molecular complexity index is 593. The number of hydrogen-bond acceptors (Lipinski definition) is 2. The van der Waals surface area contributed by atoms with Crippen molar-refractivity contribution >= 4 is 17.3 Å². The molecule has 3 rings (SSSR count). The third-order valence-corrected chi connectivity index (χ3v) is 3.37. The molecule has 1 heterocycles. The Balaban J connectivity index is 1.88. The maximum atomic E-state index is 12.3. The van der Waals surface area contributed by atoms with Gasteiger partial charge in [-0.05, 0) is 42.7 Å². The van der Waals surface area contributed by atoms with E-state index in [0.29, 0.717) is 0 Å². The van der Waals surface area contributed by atoms with Crippen LogP contribution in [0.2, 0.25) is 0 Å². The molecule has 0 saturated carbocycles. The zero-order chi connectivity index (χ0) is 13.1. The van der Waals surface area contributed by atoms with E-state index < -0.39 is 0 Å². The molecule has 0 spiro atoms. The normalized spacial score (nSPS) is 13.3. The highest BCUT2D eigenvalue weighted by Crippen LogP contribution is 2.25. The first-order valence-corrected chi connectivity index (χ1v) is 6.57. The maximum absolute atomic E-state index is 12.3. The predicted octanol–water partition coefficient (Wildman–Crippen LogP) is 3.30. The first-order valence-electron chi connectivity index (χ1n) is 6.57. The van der Waals surface area contributed by atoms with Gasteiger partial charge >= 0.3 is 0 Å². The molecule has 96 valence electrons. The molecule has 0 aromatic heterocycles. The molecule has 0 radical (unpaired) electrons. The van der Waals surface area contributed by atoms with Crippen molar-refractivity contribution in [2.45, 2.75) is 12.8 Å². The standard InChI is InChI=1S/C16H16N2O/c19-16(18-12-6-2-1-3-7-12)14-8-4-10-15-13(14)9-5-11-17-15/h1-4,6-8,10,17H,5,9,11H2,(H,18,19). The zero-order valence-electron chi connectivity index (χ0n) is 10.6. The summed E-state index contributed by atoms with van der Waals surface area (Å²) in [5, 5.41) is 6.28. The average molecular weight is 252 g/mol. The van der Waals surface area contributed by atoms with E-state index in [2.05, 4.69) is 10.6 Å². The lowest BCUT2D eigenvalue weighted by atomic mass is 9.97. The minimum atomic E-state index is -0.0354. The van der Waals surface area contributed by atoms with Gasteiger partial charge in [-0.1, -0.05) is 24.3 Å². The quantitative estimate of drug-likeness (QED) is 0.861. The number of carbonyl (C=O) groups excluding carboxylic acids is 1. The molecule has 0 bridgehead atoms. The Morgan fingerprint density at radius 1 is 1.05 bits per heavy atom. The van der Waals surface area contributed by atoms with Crippen LogP contribution in [0.3, 0.4) is 0 Å². The summed E-state index contributed by atoms with van der Waals surface area (Å²) >= 11 is 0. The molecular formula is C16H16N2O. The Morgan fingerprint density at radius 2 is 1.89 bits per heavy atom. The summed E-state index contributed by atoms with van der Waals surface area (Å²) in [5.41, 5.74) is 3.82. The molecule has 3 nitrogen and oxygen atoms in total. The van der Waals surface area contributed by atoms with Crippen LogP contribution in [0.25, 0.3) is 0 Å². The summed E-state index contributed by atoms with van der Waals surface area (Å²) in [4.78, 5) is 12.3. The fourth-order valence-corrected chi connectivity index (χ4v) is 2.44. The number of nitrogens with one attached hydrogen (secondary N) is 2. The van der Waals surface area contributed by atoms with Crippen LogP contribution in [0.5, 0.6) is 0 Å². The Labute approximate surface area is 112 Å². The SMILES string of the molecule is O=C(Nc1ccccc1)c1cccc2c1CCCN2. The van der Waals surface area contributed by atoms with Crippen LogP contribution < -0.4 is 10.6 Å². The molecule has 0 atom stereocenters. The molecule has 2 aromatic carbocycles. The van der Waals surface area contributed by atoms with Crippen molar-refractivity contribution in [3.05, 3.63) is 59.7 Å². The second-order valence-corrected chi connectivity index (χ2v) is 4.68. The monoisotopic (exact) mass is 252 g/mol. The number of amides is 1. The Morgan fingerprint density at radius 3 is 2.74 bits per heavy atom. The minimum absolute atomic E-state index is 0.0354. The van der Waals surface area contributed by atoms with Crippen molar-refractivity contribution < 1.29 is 4.79 Å². The van der Waals surface area contributed by atoms with Gasteiger partial charge in [-0.3, -0.25) is 4.79 Å². The van der Waals surface area contributed by atoms with Gasteiger partial charge in [0.15, 0.2) is 0 Å². The number of para-hydroxylation sites is 1. The number of benzene rings is 2. The third-order valence-electron chi connectivity index (χ3n) is 3.37. The van der Waals surface area contributed by atoms with Crippen LogP contribution in [0.4, 0.5) is 11.4 Å². The Kier molecular flexibility index (Phi) is 3.19. The van der Waals surface area contributed by atoms with Crippen molar-refractivity contribution in [3.8, 4) is 0 Å². The Hall–Kier alpha value is -2.29. The van der Waals surface area contributed by atoms with Crippen LogP contribution in [-0.2, 0) is 6.42 Å². The van der Waals surface area contributed by atoms with Crippen LogP contribution in [0.15, 0.2) is 48.5 Å². The first kappa shape index (κ1) is 11.8.